The third-order valence-electron chi connectivity index (χ3n) is 4.85. The Labute approximate surface area is 161 Å². The maximum atomic E-state index is 11.5. The molecule has 0 spiro atoms. The predicted molar refractivity (Wildman–Crippen MR) is 111 cm³/mol. The van der Waals surface area contributed by atoms with E-state index >= 15 is 0 Å². The zero-order valence-electron chi connectivity index (χ0n) is 16.3. The summed E-state index contributed by atoms with van der Waals surface area (Å²) in [6.45, 7) is 8.63. The SMILES string of the molecule is CC(=O)c1cc(CO[Si](c2ccccc2)(c2ccccc2)C(C)(C)C)[nH]n1. The molecule has 3 rings (SSSR count). The molecule has 27 heavy (non-hydrogen) atoms. The Bertz CT molecular complexity index is 859. The number of ketones is 1. The average Bonchev–Trinajstić information content (AvgIpc) is 3.12. The molecule has 0 aliphatic carbocycles. The van der Waals surface area contributed by atoms with Gasteiger partial charge in [-0.05, 0) is 21.5 Å². The quantitative estimate of drug-likeness (QED) is 0.526. The smallest absolute Gasteiger partial charge is 0.261 e. The van der Waals surface area contributed by atoms with Crippen LogP contribution in [-0.2, 0) is 11.0 Å². The first-order valence-corrected chi connectivity index (χ1v) is 11.1. The van der Waals surface area contributed by atoms with Gasteiger partial charge in [0.15, 0.2) is 5.78 Å². The lowest BCUT2D eigenvalue weighted by Crippen LogP contribution is -2.66. The number of rotatable bonds is 6. The number of carbonyl (C=O) groups is 1. The highest BCUT2D eigenvalue weighted by atomic mass is 28.4. The molecule has 1 aromatic heterocycles. The third kappa shape index (κ3) is 3.79. The summed E-state index contributed by atoms with van der Waals surface area (Å²) in [5, 5.41) is 9.40. The fraction of sp³-hybridized carbons (Fsp3) is 0.273. The van der Waals surface area contributed by atoms with Crippen LogP contribution in [0.3, 0.4) is 0 Å². The molecule has 2 aromatic carbocycles. The molecule has 0 atom stereocenters. The maximum Gasteiger partial charge on any atom is 0.261 e. The Kier molecular flexibility index (Phi) is 5.44. The number of hydrogen-bond acceptors (Lipinski definition) is 3. The molecular weight excluding hydrogens is 352 g/mol. The van der Waals surface area contributed by atoms with Crippen LogP contribution in [-0.4, -0.2) is 24.3 Å². The van der Waals surface area contributed by atoms with Crippen LogP contribution in [0.25, 0.3) is 0 Å². The Balaban J connectivity index is 2.07. The van der Waals surface area contributed by atoms with Crippen molar-refractivity contribution < 1.29 is 9.22 Å². The molecule has 0 bridgehead atoms. The Morgan fingerprint density at radius 1 is 1.00 bits per heavy atom. The van der Waals surface area contributed by atoms with Gasteiger partial charge in [0.05, 0.1) is 12.3 Å². The summed E-state index contributed by atoms with van der Waals surface area (Å²) < 4.78 is 6.80. The normalized spacial score (nSPS) is 12.1. The van der Waals surface area contributed by atoms with E-state index in [2.05, 4.69) is 79.5 Å². The van der Waals surface area contributed by atoms with Crippen molar-refractivity contribution in [1.82, 2.24) is 10.2 Å². The van der Waals surface area contributed by atoms with Gasteiger partial charge in [0.25, 0.3) is 8.32 Å². The number of carbonyl (C=O) groups excluding carboxylic acids is 1. The van der Waals surface area contributed by atoms with Gasteiger partial charge in [-0.1, -0.05) is 81.4 Å². The van der Waals surface area contributed by atoms with Gasteiger partial charge in [-0.25, -0.2) is 0 Å². The minimum Gasteiger partial charge on any atom is -0.402 e. The highest BCUT2D eigenvalue weighted by Crippen LogP contribution is 2.37. The van der Waals surface area contributed by atoms with Crippen LogP contribution in [0.4, 0.5) is 0 Å². The van der Waals surface area contributed by atoms with Crippen molar-refractivity contribution in [3.05, 3.63) is 78.1 Å². The first kappa shape index (κ1) is 19.3. The maximum absolute atomic E-state index is 11.5. The number of benzene rings is 2. The fourth-order valence-electron chi connectivity index (χ4n) is 3.56. The third-order valence-corrected chi connectivity index (χ3v) is 9.84. The minimum absolute atomic E-state index is 0.0528. The number of aromatic nitrogens is 2. The van der Waals surface area contributed by atoms with E-state index in [1.165, 1.54) is 17.3 Å². The molecule has 0 radical (unpaired) electrons. The second kappa shape index (κ2) is 7.62. The predicted octanol–water partition coefficient (Wildman–Crippen LogP) is 3.69. The standard InChI is InChI=1S/C22H26N2O2Si/c1-17(25)21-15-18(23-24-21)16-26-27(22(2,3)4,19-11-7-5-8-12-19)20-13-9-6-10-14-20/h5-15H,16H2,1-4H3,(H,23,24). The van der Waals surface area contributed by atoms with Gasteiger partial charge in [0.2, 0.25) is 0 Å². The molecule has 0 fully saturated rings. The van der Waals surface area contributed by atoms with Crippen molar-refractivity contribution in [3.63, 3.8) is 0 Å². The topological polar surface area (TPSA) is 55.0 Å². The van der Waals surface area contributed by atoms with E-state index < -0.39 is 8.32 Å². The highest BCUT2D eigenvalue weighted by molar-refractivity contribution is 6.99. The van der Waals surface area contributed by atoms with Crippen LogP contribution in [0, 0.1) is 0 Å². The second-order valence-corrected chi connectivity index (χ2v) is 12.1. The van der Waals surface area contributed by atoms with Gasteiger partial charge < -0.3 is 4.43 Å². The van der Waals surface area contributed by atoms with Crippen molar-refractivity contribution in [2.24, 2.45) is 0 Å². The van der Waals surface area contributed by atoms with Gasteiger partial charge in [-0.15, -0.1) is 0 Å². The first-order valence-electron chi connectivity index (χ1n) is 9.15. The van der Waals surface area contributed by atoms with E-state index in [9.17, 15) is 4.79 Å². The van der Waals surface area contributed by atoms with E-state index in [-0.39, 0.29) is 10.8 Å². The Hall–Kier alpha value is -2.50. The Morgan fingerprint density at radius 2 is 1.52 bits per heavy atom. The number of nitrogens with one attached hydrogen (secondary N) is 1. The molecule has 1 heterocycles. The van der Waals surface area contributed by atoms with E-state index in [1.54, 1.807) is 6.07 Å². The summed E-state index contributed by atoms with van der Waals surface area (Å²) in [6, 6.07) is 22.8. The first-order chi connectivity index (χ1) is 12.8. The minimum atomic E-state index is -2.58. The summed E-state index contributed by atoms with van der Waals surface area (Å²) in [5.74, 6) is -0.0528. The van der Waals surface area contributed by atoms with Crippen molar-refractivity contribution in [2.75, 3.05) is 0 Å². The van der Waals surface area contributed by atoms with E-state index in [0.717, 1.165) is 5.69 Å². The molecule has 4 nitrogen and oxygen atoms in total. The van der Waals surface area contributed by atoms with Crippen molar-refractivity contribution in [1.29, 1.82) is 0 Å². The number of nitrogens with zero attached hydrogens (tertiary/aromatic N) is 1. The summed E-state index contributed by atoms with van der Waals surface area (Å²) in [6.07, 6.45) is 0. The molecule has 5 heteroatoms. The lowest BCUT2D eigenvalue weighted by atomic mass is 10.2. The van der Waals surface area contributed by atoms with Gasteiger partial charge in [0.1, 0.15) is 5.69 Å². The molecule has 0 unspecified atom stereocenters. The van der Waals surface area contributed by atoms with Crippen LogP contribution in [0.1, 0.15) is 43.9 Å². The molecule has 0 amide bonds. The van der Waals surface area contributed by atoms with Crippen LogP contribution in [0.15, 0.2) is 66.7 Å². The molecule has 140 valence electrons. The largest absolute Gasteiger partial charge is 0.402 e. The van der Waals surface area contributed by atoms with E-state index in [4.69, 9.17) is 4.43 Å². The highest BCUT2D eigenvalue weighted by Gasteiger charge is 2.50. The van der Waals surface area contributed by atoms with Crippen molar-refractivity contribution in [3.8, 4) is 0 Å². The van der Waals surface area contributed by atoms with Crippen LogP contribution >= 0.6 is 0 Å². The summed E-state index contributed by atoms with van der Waals surface area (Å²) in [4.78, 5) is 11.5. The fourth-order valence-corrected chi connectivity index (χ4v) is 8.09. The number of H-pyrrole nitrogens is 1. The lowest BCUT2D eigenvalue weighted by molar-refractivity contribution is 0.101. The van der Waals surface area contributed by atoms with Gasteiger partial charge >= 0.3 is 0 Å². The monoisotopic (exact) mass is 378 g/mol. The van der Waals surface area contributed by atoms with Gasteiger partial charge in [-0.2, -0.15) is 5.10 Å². The van der Waals surface area contributed by atoms with Gasteiger partial charge in [-0.3, -0.25) is 9.89 Å². The van der Waals surface area contributed by atoms with Crippen LogP contribution in [0.2, 0.25) is 5.04 Å². The zero-order valence-corrected chi connectivity index (χ0v) is 17.3. The molecule has 0 aliphatic rings. The van der Waals surface area contributed by atoms with E-state index in [1.807, 2.05) is 12.1 Å². The molecule has 1 N–H and O–H groups in total. The summed E-state index contributed by atoms with van der Waals surface area (Å²) in [7, 11) is -2.58. The molecule has 0 aliphatic heterocycles. The van der Waals surface area contributed by atoms with Crippen molar-refractivity contribution in [2.45, 2.75) is 39.3 Å². The van der Waals surface area contributed by atoms with Crippen LogP contribution in [0.5, 0.6) is 0 Å². The summed E-state index contributed by atoms with van der Waals surface area (Å²) in [5.41, 5.74) is 1.25. The number of hydrogen-bond donors (Lipinski definition) is 1. The summed E-state index contributed by atoms with van der Waals surface area (Å²) >= 11 is 0. The average molecular weight is 379 g/mol. The van der Waals surface area contributed by atoms with Gasteiger partial charge in [0, 0.05) is 6.92 Å². The molecule has 0 saturated heterocycles. The Morgan fingerprint density at radius 3 is 1.93 bits per heavy atom. The second-order valence-electron chi connectivity index (χ2n) is 7.79. The lowest BCUT2D eigenvalue weighted by Gasteiger charge is -2.42. The number of Topliss-reactive ketones (excluding diaryl/α,β-unsaturated/α-hetero) is 1. The number of aromatic amines is 1. The van der Waals surface area contributed by atoms with E-state index in [0.29, 0.717) is 12.3 Å². The van der Waals surface area contributed by atoms with Crippen LogP contribution < -0.4 is 10.4 Å². The van der Waals surface area contributed by atoms with Crippen molar-refractivity contribution >= 4 is 24.5 Å². The zero-order chi connectivity index (χ0) is 19.5. The molecule has 0 saturated carbocycles. The molecular formula is C22H26N2O2Si. The molecule has 3 aromatic rings.